The van der Waals surface area contributed by atoms with Crippen molar-refractivity contribution in [3.8, 4) is 10.8 Å². The zero-order chi connectivity index (χ0) is 22.1. The summed E-state index contributed by atoms with van der Waals surface area (Å²) >= 11 is 7.61. The number of thiophene rings is 1. The van der Waals surface area contributed by atoms with Gasteiger partial charge in [0.15, 0.2) is 10.6 Å². The topological polar surface area (TPSA) is 73.6 Å². The quantitative estimate of drug-likeness (QED) is 0.389. The standard InChI is InChI=1S/C23H21ClN2O4S/c1-13-20(30-14(2)16-6-4-5-7-17(16)24)21(23(28)29-3)31-22(13)26-12-25-18-9-8-15(11-27)10-19(18)26/h4-10,12,14,27H,11H2,1-3H3/t14-/m1/s1. The van der Waals surface area contributed by atoms with E-state index in [-0.39, 0.29) is 12.7 Å². The van der Waals surface area contributed by atoms with E-state index in [0.29, 0.717) is 15.6 Å². The van der Waals surface area contributed by atoms with Crippen molar-refractivity contribution in [1.82, 2.24) is 9.55 Å². The normalized spacial score (nSPS) is 12.2. The summed E-state index contributed by atoms with van der Waals surface area (Å²) in [5.74, 6) is -0.0133. The van der Waals surface area contributed by atoms with Crippen molar-refractivity contribution in [2.75, 3.05) is 7.11 Å². The molecule has 0 saturated heterocycles. The Morgan fingerprint density at radius 2 is 2.06 bits per heavy atom. The number of carbonyl (C=O) groups excluding carboxylic acids is 1. The smallest absolute Gasteiger partial charge is 0.351 e. The maximum atomic E-state index is 12.5. The van der Waals surface area contributed by atoms with E-state index in [4.69, 9.17) is 21.1 Å². The van der Waals surface area contributed by atoms with Gasteiger partial charge in [0.05, 0.1) is 24.8 Å². The number of nitrogens with zero attached hydrogens (tertiary/aromatic N) is 2. The molecule has 0 radical (unpaired) electrons. The number of hydrogen-bond acceptors (Lipinski definition) is 6. The fraction of sp³-hybridized carbons (Fsp3) is 0.217. The first-order valence-corrected chi connectivity index (χ1v) is 10.8. The third-order valence-electron chi connectivity index (χ3n) is 5.09. The van der Waals surface area contributed by atoms with Gasteiger partial charge in [0, 0.05) is 16.1 Å². The number of ether oxygens (including phenoxy) is 2. The number of halogens is 1. The molecule has 4 rings (SSSR count). The van der Waals surface area contributed by atoms with Gasteiger partial charge in [-0.2, -0.15) is 0 Å². The summed E-state index contributed by atoms with van der Waals surface area (Å²) in [6, 6.07) is 13.0. The van der Waals surface area contributed by atoms with Crippen LogP contribution in [0.25, 0.3) is 16.0 Å². The molecule has 0 fully saturated rings. The Hall–Kier alpha value is -2.87. The first-order chi connectivity index (χ1) is 14.9. The van der Waals surface area contributed by atoms with E-state index < -0.39 is 5.97 Å². The van der Waals surface area contributed by atoms with Crippen molar-refractivity contribution in [2.24, 2.45) is 0 Å². The van der Waals surface area contributed by atoms with Crippen LogP contribution in [0.4, 0.5) is 0 Å². The Balaban J connectivity index is 1.82. The molecule has 160 valence electrons. The predicted molar refractivity (Wildman–Crippen MR) is 121 cm³/mol. The number of imidazole rings is 1. The van der Waals surface area contributed by atoms with Crippen LogP contribution in [0.15, 0.2) is 48.8 Å². The lowest BCUT2D eigenvalue weighted by atomic mass is 10.1. The summed E-state index contributed by atoms with van der Waals surface area (Å²) in [5.41, 5.74) is 4.01. The minimum atomic E-state index is -0.471. The molecule has 0 aliphatic heterocycles. The van der Waals surface area contributed by atoms with Crippen LogP contribution in [0, 0.1) is 6.92 Å². The van der Waals surface area contributed by atoms with Gasteiger partial charge in [0.2, 0.25) is 0 Å². The van der Waals surface area contributed by atoms with Crippen molar-refractivity contribution >= 4 is 39.9 Å². The molecule has 8 heteroatoms. The monoisotopic (exact) mass is 456 g/mol. The molecule has 0 unspecified atom stereocenters. The summed E-state index contributed by atoms with van der Waals surface area (Å²) in [7, 11) is 1.35. The van der Waals surface area contributed by atoms with Crippen LogP contribution in [-0.2, 0) is 11.3 Å². The van der Waals surface area contributed by atoms with Crippen molar-refractivity contribution < 1.29 is 19.4 Å². The molecule has 6 nitrogen and oxygen atoms in total. The molecule has 31 heavy (non-hydrogen) atoms. The van der Waals surface area contributed by atoms with Crippen LogP contribution in [0.5, 0.6) is 5.75 Å². The Kier molecular flexibility index (Phi) is 6.00. The number of fused-ring (bicyclic) bond motifs is 1. The molecule has 4 aromatic rings. The van der Waals surface area contributed by atoms with E-state index in [1.165, 1.54) is 18.4 Å². The Labute approximate surface area is 188 Å². The molecular weight excluding hydrogens is 436 g/mol. The van der Waals surface area contributed by atoms with Gasteiger partial charge in [-0.05, 0) is 37.6 Å². The summed E-state index contributed by atoms with van der Waals surface area (Å²) in [4.78, 5) is 17.4. The molecule has 0 saturated carbocycles. The number of hydrogen-bond donors (Lipinski definition) is 1. The lowest BCUT2D eigenvalue weighted by Crippen LogP contribution is -2.08. The first kappa shape index (κ1) is 21.4. The molecule has 2 aromatic heterocycles. The molecular formula is C23H21ClN2O4S. The second-order valence-corrected chi connectivity index (χ2v) is 8.47. The van der Waals surface area contributed by atoms with Gasteiger partial charge >= 0.3 is 5.97 Å². The van der Waals surface area contributed by atoms with Crippen LogP contribution >= 0.6 is 22.9 Å². The highest BCUT2D eigenvalue weighted by Gasteiger charge is 2.26. The van der Waals surface area contributed by atoms with Crippen LogP contribution in [-0.4, -0.2) is 27.7 Å². The SMILES string of the molecule is COC(=O)c1sc(-n2cnc3ccc(CO)cc32)c(C)c1O[C@H](C)c1ccccc1Cl. The van der Waals surface area contributed by atoms with E-state index in [0.717, 1.165) is 32.7 Å². The van der Waals surface area contributed by atoms with E-state index >= 15 is 0 Å². The largest absolute Gasteiger partial charge is 0.484 e. The van der Waals surface area contributed by atoms with Crippen LogP contribution < -0.4 is 4.74 Å². The predicted octanol–water partition coefficient (Wildman–Crippen LogP) is 5.47. The maximum absolute atomic E-state index is 12.5. The van der Waals surface area contributed by atoms with E-state index in [1.807, 2.05) is 54.8 Å². The molecule has 0 spiro atoms. The van der Waals surface area contributed by atoms with E-state index in [9.17, 15) is 9.90 Å². The third kappa shape index (κ3) is 3.92. The number of aromatic nitrogens is 2. The average molecular weight is 457 g/mol. The van der Waals surface area contributed by atoms with Crippen molar-refractivity contribution in [1.29, 1.82) is 0 Å². The van der Waals surface area contributed by atoms with Crippen molar-refractivity contribution in [3.05, 3.63) is 75.4 Å². The van der Waals surface area contributed by atoms with Crippen LogP contribution in [0.2, 0.25) is 5.02 Å². The van der Waals surface area contributed by atoms with Gasteiger partial charge in [-0.3, -0.25) is 4.57 Å². The van der Waals surface area contributed by atoms with Gasteiger partial charge in [-0.1, -0.05) is 35.9 Å². The van der Waals surface area contributed by atoms with Crippen molar-refractivity contribution in [3.63, 3.8) is 0 Å². The summed E-state index contributed by atoms with van der Waals surface area (Å²) in [5, 5.41) is 10.9. The van der Waals surface area contributed by atoms with Gasteiger partial charge in [0.25, 0.3) is 0 Å². The molecule has 0 amide bonds. The number of methoxy groups -OCH3 is 1. The number of esters is 1. The first-order valence-electron chi connectivity index (χ1n) is 9.64. The molecule has 0 bridgehead atoms. The molecule has 1 N–H and O–H groups in total. The highest BCUT2D eigenvalue weighted by Crippen LogP contribution is 2.41. The second-order valence-electron chi connectivity index (χ2n) is 7.06. The Bertz CT molecular complexity index is 1260. The van der Waals surface area contributed by atoms with Crippen LogP contribution in [0.3, 0.4) is 0 Å². The van der Waals surface area contributed by atoms with Gasteiger partial charge < -0.3 is 14.6 Å². The Morgan fingerprint density at radius 3 is 2.77 bits per heavy atom. The zero-order valence-electron chi connectivity index (χ0n) is 17.3. The molecule has 2 heterocycles. The molecule has 0 aliphatic carbocycles. The van der Waals surface area contributed by atoms with E-state index in [2.05, 4.69) is 4.98 Å². The number of aliphatic hydroxyl groups excluding tert-OH is 1. The number of carbonyl (C=O) groups is 1. The molecule has 0 aliphatic rings. The number of rotatable bonds is 6. The second kappa shape index (κ2) is 8.70. The number of aliphatic hydroxyl groups is 1. The third-order valence-corrected chi connectivity index (χ3v) is 6.68. The highest BCUT2D eigenvalue weighted by atomic mass is 35.5. The fourth-order valence-corrected chi connectivity index (χ4v) is 4.88. The molecule has 1 atom stereocenters. The summed E-state index contributed by atoms with van der Waals surface area (Å²) < 4.78 is 13.2. The van der Waals surface area contributed by atoms with Gasteiger partial charge in [0.1, 0.15) is 17.4 Å². The number of benzene rings is 2. The minimum absolute atomic E-state index is 0.0678. The lowest BCUT2D eigenvalue weighted by molar-refractivity contribution is 0.0599. The maximum Gasteiger partial charge on any atom is 0.351 e. The minimum Gasteiger partial charge on any atom is -0.484 e. The summed E-state index contributed by atoms with van der Waals surface area (Å²) in [6.07, 6.45) is 1.33. The Morgan fingerprint density at radius 1 is 1.29 bits per heavy atom. The zero-order valence-corrected chi connectivity index (χ0v) is 18.8. The lowest BCUT2D eigenvalue weighted by Gasteiger charge is -2.17. The summed E-state index contributed by atoms with van der Waals surface area (Å²) in [6.45, 7) is 3.72. The highest BCUT2D eigenvalue weighted by molar-refractivity contribution is 7.17. The molecule has 2 aromatic carbocycles. The van der Waals surface area contributed by atoms with Gasteiger partial charge in [-0.15, -0.1) is 11.3 Å². The average Bonchev–Trinajstić information content (AvgIpc) is 3.34. The van der Waals surface area contributed by atoms with Crippen LogP contribution in [0.1, 0.15) is 39.4 Å². The fourth-order valence-electron chi connectivity index (χ4n) is 3.44. The van der Waals surface area contributed by atoms with Gasteiger partial charge in [-0.25, -0.2) is 9.78 Å². The van der Waals surface area contributed by atoms with Crippen molar-refractivity contribution in [2.45, 2.75) is 26.6 Å². The van der Waals surface area contributed by atoms with E-state index in [1.54, 1.807) is 12.4 Å².